The van der Waals surface area contributed by atoms with Gasteiger partial charge in [-0.15, -0.1) is 0 Å². The molecule has 2 aliphatic heterocycles. The molecule has 9 rings (SSSR count). The van der Waals surface area contributed by atoms with Crippen molar-refractivity contribution in [2.24, 2.45) is 69.0 Å². The molecule has 6 aliphatic carbocycles. The first kappa shape index (κ1) is 40.7. The Kier molecular flexibility index (Phi) is 9.27. The van der Waals surface area contributed by atoms with Gasteiger partial charge in [-0.25, -0.2) is 0 Å². The lowest BCUT2D eigenvalue weighted by Crippen LogP contribution is -2.63. The molecule has 320 valence electrons. The number of anilines is 1. The molecule has 59 heavy (non-hydrogen) atoms. The van der Waals surface area contributed by atoms with Gasteiger partial charge in [0.1, 0.15) is 0 Å². The molecule has 0 radical (unpaired) electrons. The van der Waals surface area contributed by atoms with Crippen molar-refractivity contribution in [2.45, 2.75) is 129 Å². The van der Waals surface area contributed by atoms with E-state index in [1.165, 1.54) is 0 Å². The molecule has 0 unspecified atom stereocenters. The van der Waals surface area contributed by atoms with Gasteiger partial charge in [0.05, 0.1) is 16.8 Å². The molecule has 13 heteroatoms. The summed E-state index contributed by atoms with van der Waals surface area (Å²) >= 11 is 0. The fourth-order valence-electron chi connectivity index (χ4n) is 15.4. The summed E-state index contributed by atoms with van der Waals surface area (Å²) in [4.78, 5) is 56.7. The molecule has 6 saturated carbocycles. The number of hydrogen-bond acceptors (Lipinski definition) is 4. The van der Waals surface area contributed by atoms with Crippen LogP contribution in [0.3, 0.4) is 0 Å². The third-order valence-electron chi connectivity index (χ3n) is 18.3. The largest absolute Gasteiger partial charge is 0.418 e. The Hall–Kier alpha value is -3.64. The van der Waals surface area contributed by atoms with Gasteiger partial charge in [-0.1, -0.05) is 39.8 Å². The number of nitrogens with one attached hydrogen (secondary N) is 2. The molecule has 7 nitrogen and oxygen atoms in total. The highest BCUT2D eigenvalue weighted by atomic mass is 19.4. The summed E-state index contributed by atoms with van der Waals surface area (Å²) in [5, 5.41) is 5.50. The van der Waals surface area contributed by atoms with Crippen LogP contribution < -0.4 is 10.6 Å². The molecule has 2 N–H and O–H groups in total. The Labute approximate surface area is 341 Å². The van der Waals surface area contributed by atoms with E-state index < -0.39 is 51.8 Å². The number of carbonyl (C=O) groups is 4. The number of carbonyl (C=O) groups excluding carboxylic acids is 4. The second kappa shape index (κ2) is 13.4. The molecule has 1 aromatic rings. The fraction of sp³-hybridized carbons (Fsp3) is 0.696. The van der Waals surface area contributed by atoms with Crippen molar-refractivity contribution in [1.82, 2.24) is 10.2 Å². The van der Waals surface area contributed by atoms with Crippen LogP contribution in [0.25, 0.3) is 0 Å². The van der Waals surface area contributed by atoms with Crippen molar-refractivity contribution in [2.75, 3.05) is 5.32 Å². The van der Waals surface area contributed by atoms with E-state index in [0.717, 1.165) is 44.9 Å². The summed E-state index contributed by atoms with van der Waals surface area (Å²) in [7, 11) is 0. The van der Waals surface area contributed by atoms with Crippen molar-refractivity contribution < 1.29 is 45.5 Å². The molecule has 0 saturated heterocycles. The van der Waals surface area contributed by atoms with Crippen LogP contribution >= 0.6 is 0 Å². The van der Waals surface area contributed by atoms with Gasteiger partial charge in [-0.3, -0.25) is 24.1 Å². The first-order valence-electron chi connectivity index (χ1n) is 21.8. The minimum atomic E-state index is -4.96. The second-order valence-electron chi connectivity index (χ2n) is 20.5. The van der Waals surface area contributed by atoms with Crippen molar-refractivity contribution >= 4 is 29.3 Å². The second-order valence-corrected chi connectivity index (χ2v) is 20.5. The lowest BCUT2D eigenvalue weighted by Gasteiger charge is -2.61. The summed E-state index contributed by atoms with van der Waals surface area (Å²) in [6, 6.07) is 0.929. The summed E-state index contributed by atoms with van der Waals surface area (Å²) in [5.74, 6) is -0.508. The first-order chi connectivity index (χ1) is 27.6. The maximum absolute atomic E-state index is 15.0. The minimum absolute atomic E-state index is 0.0279. The van der Waals surface area contributed by atoms with E-state index in [0.29, 0.717) is 68.1 Å². The average molecular weight is 828 g/mol. The maximum Gasteiger partial charge on any atom is 0.418 e. The normalized spacial score (nSPS) is 43.7. The smallest absolute Gasteiger partial charge is 0.349 e. The maximum atomic E-state index is 15.0. The number of alkyl halides is 6. The molecular formula is C46H55F6N3O4. The number of amides is 4. The van der Waals surface area contributed by atoms with E-state index in [-0.39, 0.29) is 64.3 Å². The summed E-state index contributed by atoms with van der Waals surface area (Å²) in [6.07, 6.45) is 6.71. The Balaban J connectivity index is 0.925. The molecule has 0 aromatic heterocycles. The number of nitrogens with zero attached hydrogens (tertiary/aromatic N) is 1. The van der Waals surface area contributed by atoms with Gasteiger partial charge in [-0.05, 0) is 148 Å². The first-order valence-corrected chi connectivity index (χ1v) is 21.8. The number of halogens is 6. The average Bonchev–Trinajstić information content (AvgIpc) is 3.71. The zero-order valence-corrected chi connectivity index (χ0v) is 34.1. The van der Waals surface area contributed by atoms with Crippen LogP contribution in [0.1, 0.15) is 116 Å². The van der Waals surface area contributed by atoms with Crippen molar-refractivity contribution in [3.05, 3.63) is 53.6 Å². The van der Waals surface area contributed by atoms with Crippen LogP contribution in [0.5, 0.6) is 0 Å². The molecule has 14 atom stereocenters. The van der Waals surface area contributed by atoms with Gasteiger partial charge >= 0.3 is 12.4 Å². The topological polar surface area (TPSA) is 95.6 Å². The van der Waals surface area contributed by atoms with Crippen molar-refractivity contribution in [3.63, 3.8) is 0 Å². The van der Waals surface area contributed by atoms with Crippen LogP contribution in [-0.4, -0.2) is 40.6 Å². The number of rotatable bonds is 3. The summed E-state index contributed by atoms with van der Waals surface area (Å²) < 4.78 is 82.4. The van der Waals surface area contributed by atoms with E-state index in [4.69, 9.17) is 0 Å². The van der Waals surface area contributed by atoms with Gasteiger partial charge in [0.2, 0.25) is 17.7 Å². The van der Waals surface area contributed by atoms with Gasteiger partial charge in [0, 0.05) is 40.8 Å². The van der Waals surface area contributed by atoms with Gasteiger partial charge in [0.15, 0.2) is 0 Å². The molecule has 0 spiro atoms. The molecule has 8 aliphatic rings. The molecular weight excluding hydrogens is 773 g/mol. The molecule has 4 amide bonds. The zero-order valence-electron chi connectivity index (χ0n) is 34.1. The monoisotopic (exact) mass is 827 g/mol. The standard InChI is InChI=1S/C46H55F6N3O4/c1-41-19-16-30-26(27(41)9-11-32(41)39(58)53-34-23-24(45(47,48)49)5-8-31(34)46(50,51)52)7-14-36-44(30,4)22-18-38(57)55(36)40(59)33-12-10-28-25-6-13-35-43(3,21-17-37(56)54-35)29(25)15-20-42(28,33)2/h5,8,17-18,21-23,25-30,32-33,35-36H,6-7,9-16,19-20H2,1-4H3,(H,53,58)(H,54,56)/t25-,26-,27-,28-,29-,30-,32+,33+,35+,36+,41-,42-,43+,44+/m0/s1. The highest BCUT2D eigenvalue weighted by Crippen LogP contribution is 2.68. The lowest BCUT2D eigenvalue weighted by molar-refractivity contribution is -0.164. The molecule has 2 heterocycles. The van der Waals surface area contributed by atoms with Crippen LogP contribution in [0.15, 0.2) is 42.5 Å². The van der Waals surface area contributed by atoms with Crippen LogP contribution in [-0.2, 0) is 31.5 Å². The van der Waals surface area contributed by atoms with Crippen LogP contribution in [0.4, 0.5) is 32.0 Å². The highest BCUT2D eigenvalue weighted by molar-refractivity contribution is 6.03. The highest BCUT2D eigenvalue weighted by Gasteiger charge is 2.65. The molecule has 6 fully saturated rings. The number of hydrogen-bond donors (Lipinski definition) is 2. The van der Waals surface area contributed by atoms with Gasteiger partial charge in [0.25, 0.3) is 5.91 Å². The van der Waals surface area contributed by atoms with E-state index in [1.807, 2.05) is 13.0 Å². The Morgan fingerprint density at radius 1 is 0.695 bits per heavy atom. The van der Waals surface area contributed by atoms with Crippen LogP contribution in [0.2, 0.25) is 0 Å². The number of fused-ring (bicyclic) bond motifs is 10. The van der Waals surface area contributed by atoms with E-state index in [1.54, 1.807) is 17.1 Å². The summed E-state index contributed by atoms with van der Waals surface area (Å²) in [5.41, 5.74) is -4.92. The zero-order chi connectivity index (χ0) is 42.2. The third kappa shape index (κ3) is 6.02. The summed E-state index contributed by atoms with van der Waals surface area (Å²) in [6.45, 7) is 8.72. The third-order valence-corrected chi connectivity index (χ3v) is 18.3. The van der Waals surface area contributed by atoms with Crippen molar-refractivity contribution in [1.29, 1.82) is 0 Å². The molecule has 0 bridgehead atoms. The van der Waals surface area contributed by atoms with Gasteiger partial charge < -0.3 is 10.6 Å². The van der Waals surface area contributed by atoms with E-state index >= 15 is 4.79 Å². The fourth-order valence-corrected chi connectivity index (χ4v) is 15.4. The predicted octanol–water partition coefficient (Wildman–Crippen LogP) is 9.73. The minimum Gasteiger partial charge on any atom is -0.349 e. The van der Waals surface area contributed by atoms with E-state index in [2.05, 4.69) is 37.5 Å². The van der Waals surface area contributed by atoms with Crippen LogP contribution in [0, 0.1) is 69.0 Å². The lowest BCUT2D eigenvalue weighted by atomic mass is 9.47. The Bertz CT molecular complexity index is 2030. The SMILES string of the molecule is C[C@]12C=CC(=O)N[C@@H]1CC[C@@H]1[C@@H]2CC[C@]2(C)[C@@H](C(=O)N3C(=O)C=C[C@]4(C)[C@H]5CC[C@]6(C)[C@@H](C(=O)Nc7cc(C(F)(F)F)ccc7C(F)(F)F)CC[C@H]6[C@@H]5CC[C@@H]34)CC[C@@H]12. The van der Waals surface area contributed by atoms with Crippen molar-refractivity contribution in [3.8, 4) is 0 Å². The number of imide groups is 1. The number of benzene rings is 1. The van der Waals surface area contributed by atoms with Gasteiger partial charge in [-0.2, -0.15) is 26.3 Å². The quantitative estimate of drug-likeness (QED) is 0.235. The van der Waals surface area contributed by atoms with E-state index in [9.17, 15) is 40.7 Å². The predicted molar refractivity (Wildman–Crippen MR) is 207 cm³/mol. The Morgan fingerprint density at radius 3 is 1.93 bits per heavy atom. The Morgan fingerprint density at radius 2 is 1.29 bits per heavy atom. The molecule has 1 aromatic carbocycles.